The highest BCUT2D eigenvalue weighted by Crippen LogP contribution is 2.22. The third kappa shape index (κ3) is 4.78. The lowest BCUT2D eigenvalue weighted by atomic mass is 9.98. The molecule has 0 unspecified atom stereocenters. The van der Waals surface area contributed by atoms with Crippen LogP contribution in [0.3, 0.4) is 0 Å². The zero-order valence-electron chi connectivity index (χ0n) is 20.0. The van der Waals surface area contributed by atoms with Crippen LogP contribution < -0.4 is 16.2 Å². The summed E-state index contributed by atoms with van der Waals surface area (Å²) in [4.78, 5) is 16.6. The van der Waals surface area contributed by atoms with Gasteiger partial charge in [-0.25, -0.2) is 4.98 Å². The van der Waals surface area contributed by atoms with Gasteiger partial charge in [0.25, 0.3) is 5.56 Å². The Balaban J connectivity index is 1.15. The van der Waals surface area contributed by atoms with Crippen LogP contribution >= 0.6 is 0 Å². The van der Waals surface area contributed by atoms with Crippen LogP contribution in [-0.2, 0) is 32.6 Å². The van der Waals surface area contributed by atoms with E-state index >= 15 is 0 Å². The van der Waals surface area contributed by atoms with Crippen LogP contribution in [0.5, 0.6) is 0 Å². The Bertz CT molecular complexity index is 1570. The predicted octanol–water partition coefficient (Wildman–Crippen LogP) is 3.95. The fraction of sp³-hybridized carbons (Fsp3) is 0.207. The summed E-state index contributed by atoms with van der Waals surface area (Å²) in [6.45, 7) is 3.95. The Hall–Kier alpha value is -4.23. The summed E-state index contributed by atoms with van der Waals surface area (Å²) in [5, 5.41) is 12.7. The van der Waals surface area contributed by atoms with Crippen LogP contribution in [0.15, 0.2) is 90.1 Å². The lowest BCUT2D eigenvalue weighted by Crippen LogP contribution is -2.23. The largest absolute Gasteiger partial charge is 0.365 e. The molecule has 6 rings (SSSR count). The van der Waals surface area contributed by atoms with Crippen molar-refractivity contribution in [3.8, 4) is 0 Å². The van der Waals surface area contributed by atoms with Gasteiger partial charge in [-0.05, 0) is 52.9 Å². The molecule has 7 nitrogen and oxygen atoms in total. The second-order valence-electron chi connectivity index (χ2n) is 9.29. The average molecular weight is 477 g/mol. The molecule has 0 amide bonds. The summed E-state index contributed by atoms with van der Waals surface area (Å²) in [5.41, 5.74) is 7.27. The number of nitrogens with zero attached hydrogens (tertiary/aromatic N) is 4. The lowest BCUT2D eigenvalue weighted by molar-refractivity contribution is 0.643. The first kappa shape index (κ1) is 22.2. The van der Waals surface area contributed by atoms with Gasteiger partial charge in [0.2, 0.25) is 0 Å². The number of pyridine rings is 2. The molecule has 0 atom stereocenters. The Kier molecular flexibility index (Phi) is 6.05. The number of rotatable bonds is 7. The number of benzene rings is 2. The van der Waals surface area contributed by atoms with Crippen LogP contribution in [-0.4, -0.2) is 25.9 Å². The fourth-order valence-corrected chi connectivity index (χ4v) is 4.77. The highest BCUT2D eigenvalue weighted by molar-refractivity contribution is 5.88. The van der Waals surface area contributed by atoms with Gasteiger partial charge in [0.1, 0.15) is 5.82 Å². The normalized spacial score (nSPS) is 13.0. The molecule has 36 heavy (non-hydrogen) atoms. The van der Waals surface area contributed by atoms with E-state index in [1.165, 1.54) is 16.7 Å². The zero-order valence-corrected chi connectivity index (χ0v) is 20.0. The maximum Gasteiger partial charge on any atom is 0.250 e. The molecule has 0 fully saturated rings. The molecule has 0 saturated heterocycles. The molecular formula is C29H28N6O. The maximum absolute atomic E-state index is 12.0. The summed E-state index contributed by atoms with van der Waals surface area (Å²) in [6, 6.07) is 22.2. The first-order valence-corrected chi connectivity index (χ1v) is 12.3. The van der Waals surface area contributed by atoms with Crippen LogP contribution in [0.1, 0.15) is 27.8 Å². The van der Waals surface area contributed by atoms with Crippen molar-refractivity contribution >= 4 is 16.7 Å². The van der Waals surface area contributed by atoms with E-state index in [0.717, 1.165) is 53.9 Å². The topological polar surface area (TPSA) is 76.8 Å². The fourth-order valence-electron chi connectivity index (χ4n) is 4.77. The molecule has 2 aromatic carbocycles. The summed E-state index contributed by atoms with van der Waals surface area (Å²) in [5.74, 6) is 0.849. The number of nitrogens with one attached hydrogen (secondary N) is 2. The van der Waals surface area contributed by atoms with E-state index in [1.54, 1.807) is 22.9 Å². The maximum atomic E-state index is 12.0. The third-order valence-electron chi connectivity index (χ3n) is 6.72. The van der Waals surface area contributed by atoms with Crippen LogP contribution in [0.4, 0.5) is 5.82 Å². The smallest absolute Gasteiger partial charge is 0.250 e. The summed E-state index contributed by atoms with van der Waals surface area (Å²) < 4.78 is 3.66. The van der Waals surface area contributed by atoms with Crippen LogP contribution in [0.25, 0.3) is 10.9 Å². The number of anilines is 1. The van der Waals surface area contributed by atoms with Gasteiger partial charge in [-0.3, -0.25) is 9.48 Å². The van der Waals surface area contributed by atoms with Gasteiger partial charge in [-0.2, -0.15) is 5.10 Å². The summed E-state index contributed by atoms with van der Waals surface area (Å²) in [6.07, 6.45) is 6.76. The molecule has 0 spiro atoms. The van der Waals surface area contributed by atoms with Crippen molar-refractivity contribution in [3.63, 3.8) is 0 Å². The lowest BCUT2D eigenvalue weighted by Gasteiger charge is -2.18. The van der Waals surface area contributed by atoms with E-state index < -0.39 is 0 Å². The van der Waals surface area contributed by atoms with E-state index in [4.69, 9.17) is 5.10 Å². The first-order chi connectivity index (χ1) is 17.7. The van der Waals surface area contributed by atoms with Gasteiger partial charge in [-0.15, -0.1) is 0 Å². The van der Waals surface area contributed by atoms with E-state index in [9.17, 15) is 4.79 Å². The van der Waals surface area contributed by atoms with Gasteiger partial charge in [-0.1, -0.05) is 48.5 Å². The van der Waals surface area contributed by atoms with Crippen molar-refractivity contribution in [2.45, 2.75) is 32.6 Å². The molecule has 7 heteroatoms. The average Bonchev–Trinajstić information content (AvgIpc) is 3.33. The molecule has 0 aliphatic carbocycles. The molecule has 3 aromatic heterocycles. The van der Waals surface area contributed by atoms with E-state index in [1.807, 2.05) is 23.0 Å². The number of hydrogen-bond donors (Lipinski definition) is 2. The van der Waals surface area contributed by atoms with Crippen molar-refractivity contribution in [1.82, 2.24) is 24.6 Å². The van der Waals surface area contributed by atoms with Gasteiger partial charge in [0.15, 0.2) is 0 Å². The monoisotopic (exact) mass is 476 g/mol. The van der Waals surface area contributed by atoms with Crippen molar-refractivity contribution < 1.29 is 0 Å². The van der Waals surface area contributed by atoms with Crippen LogP contribution in [0.2, 0.25) is 0 Å². The van der Waals surface area contributed by atoms with Crippen molar-refractivity contribution in [3.05, 3.63) is 123 Å². The minimum atomic E-state index is 0.00625. The standard InChI is InChI=1S/C29H28N6O/c36-28-3-1-2-14-34(28)18-21-4-6-22(7-5-21)19-35-20-26-27(33-35)11-13-31-29(26)32-16-23-8-9-25-17-30-12-10-24(25)15-23/h1-9,11,13-15,20,30H,10,12,16-19H2,(H,31,32). The zero-order chi connectivity index (χ0) is 24.3. The van der Waals surface area contributed by atoms with Gasteiger partial charge < -0.3 is 15.2 Å². The molecule has 1 aliphatic heterocycles. The van der Waals surface area contributed by atoms with E-state index in [-0.39, 0.29) is 5.56 Å². The number of hydrogen-bond acceptors (Lipinski definition) is 5. The Morgan fingerprint density at radius 2 is 1.75 bits per heavy atom. The summed E-state index contributed by atoms with van der Waals surface area (Å²) >= 11 is 0. The van der Waals surface area contributed by atoms with E-state index in [0.29, 0.717) is 13.1 Å². The van der Waals surface area contributed by atoms with Crippen molar-refractivity contribution in [2.75, 3.05) is 11.9 Å². The molecule has 5 aromatic rings. The quantitative estimate of drug-likeness (QED) is 0.372. The van der Waals surface area contributed by atoms with Gasteiger partial charge in [0.05, 0.1) is 24.0 Å². The molecule has 4 heterocycles. The SMILES string of the molecule is O=c1ccccn1Cc1ccc(Cn2cc3c(NCc4ccc5c(c4)CCNC5)nccc3n2)cc1. The molecule has 1 aliphatic rings. The molecule has 0 saturated carbocycles. The first-order valence-electron chi connectivity index (χ1n) is 12.3. The van der Waals surface area contributed by atoms with Crippen molar-refractivity contribution in [2.24, 2.45) is 0 Å². The number of aromatic nitrogens is 4. The van der Waals surface area contributed by atoms with Crippen LogP contribution in [0, 0.1) is 0 Å². The molecule has 180 valence electrons. The molecular weight excluding hydrogens is 448 g/mol. The Morgan fingerprint density at radius 3 is 2.61 bits per heavy atom. The van der Waals surface area contributed by atoms with Gasteiger partial charge in [0, 0.05) is 37.7 Å². The number of fused-ring (bicyclic) bond motifs is 2. The second-order valence-corrected chi connectivity index (χ2v) is 9.29. The van der Waals surface area contributed by atoms with E-state index in [2.05, 4.69) is 64.3 Å². The van der Waals surface area contributed by atoms with Crippen molar-refractivity contribution in [1.29, 1.82) is 0 Å². The minimum Gasteiger partial charge on any atom is -0.365 e. The molecule has 2 N–H and O–H groups in total. The Labute approximate surface area is 209 Å². The Morgan fingerprint density at radius 1 is 0.917 bits per heavy atom. The molecule has 0 radical (unpaired) electrons. The highest BCUT2D eigenvalue weighted by atomic mass is 16.1. The van der Waals surface area contributed by atoms with Gasteiger partial charge >= 0.3 is 0 Å². The predicted molar refractivity (Wildman–Crippen MR) is 142 cm³/mol. The second kappa shape index (κ2) is 9.79. The minimum absolute atomic E-state index is 0.00625. The summed E-state index contributed by atoms with van der Waals surface area (Å²) in [7, 11) is 0. The highest BCUT2D eigenvalue weighted by Gasteiger charge is 2.11. The third-order valence-corrected chi connectivity index (χ3v) is 6.72. The molecule has 0 bridgehead atoms.